The molecular weight excluding hydrogens is 337 g/mol. The maximum atomic E-state index is 13.4. The molecule has 0 aliphatic heterocycles. The minimum Gasteiger partial charge on any atom is -0.399 e. The summed E-state index contributed by atoms with van der Waals surface area (Å²) in [4.78, 5) is 11.9. The molecular formula is C13H8BrF3N2O. The fourth-order valence-electron chi connectivity index (χ4n) is 1.56. The van der Waals surface area contributed by atoms with Crippen molar-refractivity contribution in [2.75, 3.05) is 11.1 Å². The molecule has 0 radical (unpaired) electrons. The zero-order chi connectivity index (χ0) is 14.9. The number of hydrogen-bond acceptors (Lipinski definition) is 2. The van der Waals surface area contributed by atoms with E-state index in [2.05, 4.69) is 21.2 Å². The quantitative estimate of drug-likeness (QED) is 0.644. The van der Waals surface area contributed by atoms with E-state index < -0.39 is 29.0 Å². The Balaban J connectivity index is 2.30. The average Bonchev–Trinajstić information content (AvgIpc) is 2.38. The summed E-state index contributed by atoms with van der Waals surface area (Å²) in [6.45, 7) is 0. The topological polar surface area (TPSA) is 55.1 Å². The van der Waals surface area contributed by atoms with E-state index in [1.807, 2.05) is 0 Å². The monoisotopic (exact) mass is 344 g/mol. The molecule has 0 atom stereocenters. The van der Waals surface area contributed by atoms with Gasteiger partial charge >= 0.3 is 0 Å². The lowest BCUT2D eigenvalue weighted by Crippen LogP contribution is -2.14. The Kier molecular flexibility index (Phi) is 3.99. The van der Waals surface area contributed by atoms with Crippen LogP contribution in [-0.2, 0) is 0 Å². The molecule has 0 fully saturated rings. The maximum Gasteiger partial charge on any atom is 0.255 e. The minimum atomic E-state index is -1.64. The molecule has 0 aromatic heterocycles. The molecule has 0 saturated carbocycles. The van der Waals surface area contributed by atoms with Crippen LogP contribution in [0, 0.1) is 17.5 Å². The van der Waals surface area contributed by atoms with Crippen LogP contribution >= 0.6 is 15.9 Å². The number of anilines is 2. The van der Waals surface area contributed by atoms with E-state index in [1.54, 1.807) is 6.07 Å². The number of nitrogens with one attached hydrogen (secondary N) is 1. The first-order valence-electron chi connectivity index (χ1n) is 5.39. The van der Waals surface area contributed by atoms with Gasteiger partial charge in [-0.15, -0.1) is 0 Å². The third-order valence-corrected chi connectivity index (χ3v) is 2.92. The molecule has 1 amide bonds. The Labute approximate surface area is 120 Å². The summed E-state index contributed by atoms with van der Waals surface area (Å²) in [6.07, 6.45) is 0. The Morgan fingerprint density at radius 1 is 1.10 bits per heavy atom. The van der Waals surface area contributed by atoms with Crippen molar-refractivity contribution < 1.29 is 18.0 Å². The van der Waals surface area contributed by atoms with E-state index in [4.69, 9.17) is 5.73 Å². The molecule has 2 rings (SSSR count). The predicted octanol–water partition coefficient (Wildman–Crippen LogP) is 3.70. The molecule has 2 aromatic rings. The smallest absolute Gasteiger partial charge is 0.255 e. The Morgan fingerprint density at radius 3 is 2.45 bits per heavy atom. The molecule has 104 valence electrons. The fourth-order valence-corrected chi connectivity index (χ4v) is 2.07. The zero-order valence-corrected chi connectivity index (χ0v) is 11.5. The summed E-state index contributed by atoms with van der Waals surface area (Å²) in [7, 11) is 0. The number of nitrogens with two attached hydrogens (primary N) is 1. The van der Waals surface area contributed by atoms with Gasteiger partial charge in [0.2, 0.25) is 0 Å². The molecule has 7 heteroatoms. The normalized spacial score (nSPS) is 10.4. The Bertz CT molecular complexity index is 671. The van der Waals surface area contributed by atoms with Crippen LogP contribution in [-0.4, -0.2) is 5.91 Å². The van der Waals surface area contributed by atoms with Gasteiger partial charge < -0.3 is 11.1 Å². The van der Waals surface area contributed by atoms with Crippen molar-refractivity contribution in [3.63, 3.8) is 0 Å². The van der Waals surface area contributed by atoms with Gasteiger partial charge in [-0.2, -0.15) is 0 Å². The first kappa shape index (κ1) is 14.4. The standard InChI is InChI=1S/C13H8BrF3N2O/c14-7-3-6(4-8(18)5-7)13(20)19-10-2-1-9(15)11(16)12(10)17/h1-5H,18H2,(H,19,20). The van der Waals surface area contributed by atoms with Crippen molar-refractivity contribution in [3.05, 3.63) is 57.8 Å². The highest BCUT2D eigenvalue weighted by molar-refractivity contribution is 9.10. The molecule has 20 heavy (non-hydrogen) atoms. The molecule has 2 aromatic carbocycles. The van der Waals surface area contributed by atoms with Gasteiger partial charge in [0.1, 0.15) is 0 Å². The molecule has 0 saturated heterocycles. The minimum absolute atomic E-state index is 0.154. The molecule has 0 unspecified atom stereocenters. The predicted molar refractivity (Wildman–Crippen MR) is 72.8 cm³/mol. The molecule has 3 N–H and O–H groups in total. The van der Waals surface area contributed by atoms with Crippen LogP contribution in [0.4, 0.5) is 24.5 Å². The summed E-state index contributed by atoms with van der Waals surface area (Å²) in [5, 5.41) is 2.15. The molecule has 3 nitrogen and oxygen atoms in total. The number of hydrogen-bond donors (Lipinski definition) is 2. The number of amides is 1. The van der Waals surface area contributed by atoms with Crippen molar-refractivity contribution in [2.45, 2.75) is 0 Å². The van der Waals surface area contributed by atoms with Crippen LogP contribution in [0.1, 0.15) is 10.4 Å². The van der Waals surface area contributed by atoms with E-state index >= 15 is 0 Å². The number of carbonyl (C=O) groups excluding carboxylic acids is 1. The number of halogens is 4. The van der Waals surface area contributed by atoms with Gasteiger partial charge in [0, 0.05) is 15.7 Å². The largest absolute Gasteiger partial charge is 0.399 e. The van der Waals surface area contributed by atoms with E-state index in [0.717, 1.165) is 12.1 Å². The van der Waals surface area contributed by atoms with E-state index in [1.165, 1.54) is 12.1 Å². The third-order valence-electron chi connectivity index (χ3n) is 2.47. The number of nitrogen functional groups attached to an aromatic ring is 1. The van der Waals surface area contributed by atoms with Crippen molar-refractivity contribution in [1.82, 2.24) is 0 Å². The lowest BCUT2D eigenvalue weighted by atomic mass is 10.2. The second-order valence-electron chi connectivity index (χ2n) is 3.95. The zero-order valence-electron chi connectivity index (χ0n) is 9.88. The maximum absolute atomic E-state index is 13.4. The van der Waals surface area contributed by atoms with Crippen LogP contribution in [0.2, 0.25) is 0 Å². The molecule has 0 aliphatic rings. The van der Waals surface area contributed by atoms with Crippen LogP contribution in [0.5, 0.6) is 0 Å². The van der Waals surface area contributed by atoms with Crippen molar-refractivity contribution in [3.8, 4) is 0 Å². The number of carbonyl (C=O) groups is 1. The van der Waals surface area contributed by atoms with Crippen LogP contribution in [0.25, 0.3) is 0 Å². The summed E-state index contributed by atoms with van der Waals surface area (Å²) >= 11 is 3.16. The third kappa shape index (κ3) is 2.93. The van der Waals surface area contributed by atoms with Crippen molar-refractivity contribution in [1.29, 1.82) is 0 Å². The van der Waals surface area contributed by atoms with Crippen LogP contribution in [0.3, 0.4) is 0 Å². The van der Waals surface area contributed by atoms with E-state index in [0.29, 0.717) is 10.2 Å². The SMILES string of the molecule is Nc1cc(Br)cc(C(=O)Nc2ccc(F)c(F)c2F)c1. The van der Waals surface area contributed by atoms with Gasteiger partial charge in [0.05, 0.1) is 5.69 Å². The van der Waals surface area contributed by atoms with E-state index in [-0.39, 0.29) is 5.56 Å². The molecule has 0 aliphatic carbocycles. The highest BCUT2D eigenvalue weighted by atomic mass is 79.9. The van der Waals surface area contributed by atoms with Gasteiger partial charge in [0.25, 0.3) is 5.91 Å². The van der Waals surface area contributed by atoms with Gasteiger partial charge in [-0.05, 0) is 30.3 Å². The van der Waals surface area contributed by atoms with Crippen LogP contribution in [0.15, 0.2) is 34.8 Å². The summed E-state index contributed by atoms with van der Waals surface area (Å²) in [5.74, 6) is -5.12. The fraction of sp³-hybridized carbons (Fsp3) is 0. The summed E-state index contributed by atoms with van der Waals surface area (Å²) in [6, 6.07) is 6.08. The Morgan fingerprint density at radius 2 is 1.80 bits per heavy atom. The molecule has 0 bridgehead atoms. The molecule has 0 spiro atoms. The lowest BCUT2D eigenvalue weighted by molar-refractivity contribution is 0.102. The van der Waals surface area contributed by atoms with Gasteiger partial charge in [-0.3, -0.25) is 4.79 Å². The van der Waals surface area contributed by atoms with Crippen LogP contribution < -0.4 is 11.1 Å². The summed E-state index contributed by atoms with van der Waals surface area (Å²) in [5.41, 5.74) is 5.60. The first-order valence-corrected chi connectivity index (χ1v) is 6.18. The molecule has 0 heterocycles. The second-order valence-corrected chi connectivity index (χ2v) is 4.87. The van der Waals surface area contributed by atoms with Gasteiger partial charge in [0.15, 0.2) is 17.5 Å². The lowest BCUT2D eigenvalue weighted by Gasteiger charge is -2.08. The number of benzene rings is 2. The Hall–Kier alpha value is -2.02. The highest BCUT2D eigenvalue weighted by Gasteiger charge is 2.16. The van der Waals surface area contributed by atoms with Crippen molar-refractivity contribution >= 4 is 33.2 Å². The highest BCUT2D eigenvalue weighted by Crippen LogP contribution is 2.22. The van der Waals surface area contributed by atoms with Crippen molar-refractivity contribution in [2.24, 2.45) is 0 Å². The van der Waals surface area contributed by atoms with Gasteiger partial charge in [-0.25, -0.2) is 13.2 Å². The van der Waals surface area contributed by atoms with E-state index in [9.17, 15) is 18.0 Å². The number of rotatable bonds is 2. The first-order chi connectivity index (χ1) is 9.38. The van der Waals surface area contributed by atoms with Gasteiger partial charge in [-0.1, -0.05) is 15.9 Å². The summed E-state index contributed by atoms with van der Waals surface area (Å²) < 4.78 is 39.8. The second kappa shape index (κ2) is 5.54. The average molecular weight is 345 g/mol.